The van der Waals surface area contributed by atoms with Crippen molar-refractivity contribution in [3.8, 4) is 0 Å². The number of urea groups is 1. The molecule has 0 atom stereocenters. The minimum absolute atomic E-state index is 0.141. The average Bonchev–Trinajstić information content (AvgIpc) is 2.54. The van der Waals surface area contributed by atoms with E-state index in [1.165, 1.54) is 0 Å². The maximum absolute atomic E-state index is 11.4. The van der Waals surface area contributed by atoms with Crippen molar-refractivity contribution in [3.63, 3.8) is 0 Å². The summed E-state index contributed by atoms with van der Waals surface area (Å²) in [6.45, 7) is 0. The van der Waals surface area contributed by atoms with Gasteiger partial charge in [0, 0.05) is 0 Å². The van der Waals surface area contributed by atoms with Crippen molar-refractivity contribution in [1.82, 2.24) is 10.6 Å². The summed E-state index contributed by atoms with van der Waals surface area (Å²) in [6, 6.07) is -0.734. The number of allylic oxidation sites excluding steroid dienone is 1. The predicted molar refractivity (Wildman–Crippen MR) is 47.2 cm³/mol. The Kier molecular flexibility index (Phi) is 2.07. The highest BCUT2D eigenvalue weighted by atomic mass is 16.2. The Morgan fingerprint density at radius 3 is 1.86 bits per heavy atom. The van der Waals surface area contributed by atoms with Crippen molar-refractivity contribution in [3.05, 3.63) is 11.1 Å². The molecule has 0 aromatic heterocycles. The van der Waals surface area contributed by atoms with Crippen molar-refractivity contribution in [2.45, 2.75) is 25.7 Å². The van der Waals surface area contributed by atoms with Gasteiger partial charge in [-0.25, -0.2) is 4.79 Å². The van der Waals surface area contributed by atoms with Crippen LogP contribution in [0.4, 0.5) is 4.79 Å². The Hall–Kier alpha value is -1.65. The number of nitrogens with one attached hydrogen (secondary N) is 2. The van der Waals surface area contributed by atoms with E-state index in [9.17, 15) is 14.4 Å². The second-order valence-corrected chi connectivity index (χ2v) is 3.42. The summed E-state index contributed by atoms with van der Waals surface area (Å²) in [7, 11) is 0. The molecule has 2 fully saturated rings. The zero-order valence-corrected chi connectivity index (χ0v) is 7.55. The molecule has 2 N–H and O–H groups in total. The fourth-order valence-corrected chi connectivity index (χ4v) is 1.84. The average molecular weight is 194 g/mol. The second-order valence-electron chi connectivity index (χ2n) is 3.42. The lowest BCUT2D eigenvalue weighted by molar-refractivity contribution is -0.124. The van der Waals surface area contributed by atoms with Gasteiger partial charge in [-0.15, -0.1) is 0 Å². The number of carbonyl (C=O) groups excluding carboxylic acids is 3. The zero-order chi connectivity index (χ0) is 10.1. The van der Waals surface area contributed by atoms with E-state index in [0.717, 1.165) is 31.3 Å². The molecule has 2 rings (SSSR count). The largest absolute Gasteiger partial charge is 0.328 e. The normalized spacial score (nSPS) is 22.4. The van der Waals surface area contributed by atoms with Gasteiger partial charge in [0.2, 0.25) is 0 Å². The van der Waals surface area contributed by atoms with Gasteiger partial charge in [-0.05, 0) is 25.7 Å². The van der Waals surface area contributed by atoms with Crippen LogP contribution in [0.25, 0.3) is 0 Å². The summed E-state index contributed by atoms with van der Waals surface area (Å²) in [4.78, 5) is 33.5. The summed E-state index contributed by atoms with van der Waals surface area (Å²) in [5.41, 5.74) is 1.01. The SMILES string of the molecule is O=C1NC(=O)C(=C2CCCC2)C(=O)N1. The van der Waals surface area contributed by atoms with Crippen LogP contribution in [0, 0.1) is 0 Å². The van der Waals surface area contributed by atoms with Gasteiger partial charge in [0.1, 0.15) is 5.57 Å². The van der Waals surface area contributed by atoms with Crippen LogP contribution in [0.1, 0.15) is 25.7 Å². The molecule has 2 aliphatic rings. The number of imide groups is 2. The van der Waals surface area contributed by atoms with Gasteiger partial charge in [0.25, 0.3) is 11.8 Å². The number of hydrogen-bond acceptors (Lipinski definition) is 3. The van der Waals surface area contributed by atoms with Crippen LogP contribution in [0.5, 0.6) is 0 Å². The Morgan fingerprint density at radius 2 is 1.36 bits per heavy atom. The monoisotopic (exact) mass is 194 g/mol. The summed E-state index contributed by atoms with van der Waals surface area (Å²) < 4.78 is 0. The van der Waals surface area contributed by atoms with Crippen LogP contribution < -0.4 is 10.6 Å². The summed E-state index contributed by atoms with van der Waals surface area (Å²) in [6.07, 6.45) is 3.58. The molecule has 4 amide bonds. The standard InChI is InChI=1S/C9H10N2O3/c12-7-6(5-3-1-2-4-5)8(13)11-9(14)10-7/h1-4H2,(H2,10,11,12,13,14). The van der Waals surface area contributed by atoms with Gasteiger partial charge in [-0.3, -0.25) is 20.2 Å². The molecule has 1 saturated heterocycles. The molecule has 1 saturated carbocycles. The second kappa shape index (κ2) is 3.25. The van der Waals surface area contributed by atoms with E-state index in [0.29, 0.717) is 0 Å². The lowest BCUT2D eigenvalue weighted by Gasteiger charge is -2.15. The maximum Gasteiger partial charge on any atom is 0.328 e. The van der Waals surface area contributed by atoms with Gasteiger partial charge < -0.3 is 0 Å². The van der Waals surface area contributed by atoms with Crippen LogP contribution in [0.15, 0.2) is 11.1 Å². The van der Waals surface area contributed by atoms with Crippen LogP contribution in [-0.2, 0) is 9.59 Å². The lowest BCUT2D eigenvalue weighted by atomic mass is 10.0. The van der Waals surface area contributed by atoms with Crippen LogP contribution in [-0.4, -0.2) is 17.8 Å². The van der Waals surface area contributed by atoms with E-state index < -0.39 is 17.8 Å². The van der Waals surface area contributed by atoms with Gasteiger partial charge in [0.15, 0.2) is 0 Å². The summed E-state index contributed by atoms with van der Waals surface area (Å²) >= 11 is 0. The van der Waals surface area contributed by atoms with Crippen LogP contribution >= 0.6 is 0 Å². The first kappa shape index (κ1) is 8.93. The number of carbonyl (C=O) groups is 3. The molecule has 0 spiro atoms. The van der Waals surface area contributed by atoms with Crippen molar-refractivity contribution < 1.29 is 14.4 Å². The van der Waals surface area contributed by atoms with Crippen molar-refractivity contribution in [1.29, 1.82) is 0 Å². The summed E-state index contributed by atoms with van der Waals surface area (Å²) in [5.74, 6) is -1.12. The highest BCUT2D eigenvalue weighted by molar-refractivity contribution is 6.29. The summed E-state index contributed by atoms with van der Waals surface area (Å²) in [5, 5.41) is 4.14. The first-order chi connectivity index (χ1) is 6.68. The van der Waals surface area contributed by atoms with E-state index in [1.54, 1.807) is 0 Å². The van der Waals surface area contributed by atoms with Crippen molar-refractivity contribution >= 4 is 17.8 Å². The van der Waals surface area contributed by atoms with Gasteiger partial charge in [-0.2, -0.15) is 0 Å². The molecular formula is C9H10N2O3. The van der Waals surface area contributed by atoms with Crippen LogP contribution in [0.2, 0.25) is 0 Å². The minimum Gasteiger partial charge on any atom is -0.273 e. The predicted octanol–water partition coefficient (Wildman–Crippen LogP) is 0.223. The number of hydrogen-bond donors (Lipinski definition) is 2. The molecule has 0 aromatic rings. The van der Waals surface area contributed by atoms with Crippen LogP contribution in [0.3, 0.4) is 0 Å². The number of rotatable bonds is 0. The fourth-order valence-electron chi connectivity index (χ4n) is 1.84. The first-order valence-corrected chi connectivity index (χ1v) is 4.57. The van der Waals surface area contributed by atoms with E-state index in [-0.39, 0.29) is 5.57 Å². The molecular weight excluding hydrogens is 184 g/mol. The topological polar surface area (TPSA) is 75.3 Å². The number of amides is 4. The van der Waals surface area contributed by atoms with E-state index in [2.05, 4.69) is 10.6 Å². The quantitative estimate of drug-likeness (QED) is 0.428. The van der Waals surface area contributed by atoms with E-state index >= 15 is 0 Å². The molecule has 0 unspecified atom stereocenters. The highest BCUT2D eigenvalue weighted by Crippen LogP contribution is 2.27. The molecule has 0 aromatic carbocycles. The molecule has 74 valence electrons. The molecule has 0 radical (unpaired) electrons. The molecule has 5 nitrogen and oxygen atoms in total. The maximum atomic E-state index is 11.4. The molecule has 5 heteroatoms. The molecule has 1 heterocycles. The molecule has 1 aliphatic heterocycles. The van der Waals surface area contributed by atoms with Gasteiger partial charge >= 0.3 is 6.03 Å². The third-order valence-electron chi connectivity index (χ3n) is 2.47. The van der Waals surface area contributed by atoms with E-state index in [4.69, 9.17) is 0 Å². The van der Waals surface area contributed by atoms with Crippen molar-refractivity contribution in [2.75, 3.05) is 0 Å². The Balaban J connectivity index is 2.33. The van der Waals surface area contributed by atoms with E-state index in [1.807, 2.05) is 0 Å². The number of barbiturate groups is 1. The zero-order valence-electron chi connectivity index (χ0n) is 7.55. The third-order valence-corrected chi connectivity index (χ3v) is 2.47. The fraction of sp³-hybridized carbons (Fsp3) is 0.444. The lowest BCUT2D eigenvalue weighted by Crippen LogP contribution is -2.51. The Morgan fingerprint density at radius 1 is 0.857 bits per heavy atom. The van der Waals surface area contributed by atoms with Crippen molar-refractivity contribution in [2.24, 2.45) is 0 Å². The van der Waals surface area contributed by atoms with Gasteiger partial charge in [0.05, 0.1) is 0 Å². The Bertz CT molecular complexity index is 327. The Labute approximate surface area is 80.5 Å². The molecule has 14 heavy (non-hydrogen) atoms. The minimum atomic E-state index is -0.734. The third kappa shape index (κ3) is 1.41. The molecule has 1 aliphatic carbocycles. The smallest absolute Gasteiger partial charge is 0.273 e. The first-order valence-electron chi connectivity index (χ1n) is 4.57. The molecule has 0 bridgehead atoms. The van der Waals surface area contributed by atoms with Gasteiger partial charge in [-0.1, -0.05) is 5.57 Å². The highest BCUT2D eigenvalue weighted by Gasteiger charge is 2.31.